The van der Waals surface area contributed by atoms with Gasteiger partial charge in [0.15, 0.2) is 16.9 Å². The number of hydrogen-bond acceptors (Lipinski definition) is 5. The largest absolute Gasteiger partial charge is 0.312 e. The minimum atomic E-state index is -1.93. The summed E-state index contributed by atoms with van der Waals surface area (Å²) in [6.45, 7) is 1.84. The Balaban J connectivity index is 2.37. The molecule has 8 heteroatoms. The van der Waals surface area contributed by atoms with Crippen LogP contribution in [0.1, 0.15) is 11.5 Å². The highest BCUT2D eigenvalue weighted by atomic mass is 32.2. The molecule has 0 saturated heterocycles. The third kappa shape index (κ3) is 2.53. The number of aromatic nitrogens is 5. The van der Waals surface area contributed by atoms with Crippen LogP contribution in [-0.2, 0) is 23.9 Å². The smallest absolute Gasteiger partial charge is 0.183 e. The number of rotatable bonds is 3. The summed E-state index contributed by atoms with van der Waals surface area (Å²) < 4.78 is 21.2. The maximum Gasteiger partial charge on any atom is 0.183 e. The van der Waals surface area contributed by atoms with E-state index in [0.29, 0.717) is 17.3 Å². The summed E-state index contributed by atoms with van der Waals surface area (Å²) in [6, 6.07) is 0. The van der Waals surface area contributed by atoms with Gasteiger partial charge in [-0.2, -0.15) is 0 Å². The zero-order valence-corrected chi connectivity index (χ0v) is 10.2. The highest BCUT2D eigenvalue weighted by Crippen LogP contribution is 2.14. The van der Waals surface area contributed by atoms with Gasteiger partial charge in [-0.1, -0.05) is 0 Å². The van der Waals surface area contributed by atoms with Gasteiger partial charge in [0.05, 0.1) is 11.9 Å². The lowest BCUT2D eigenvalue weighted by Crippen LogP contribution is -2.03. The summed E-state index contributed by atoms with van der Waals surface area (Å²) in [7, 11) is 1.72. The summed E-state index contributed by atoms with van der Waals surface area (Å²) in [5, 5.41) is 7.78. The molecule has 2 aromatic rings. The summed E-state index contributed by atoms with van der Waals surface area (Å²) in [4.78, 5) is 8.29. The van der Waals surface area contributed by atoms with Crippen LogP contribution in [0, 0.1) is 6.92 Å². The molecule has 0 aliphatic rings. The Morgan fingerprint density at radius 3 is 2.71 bits per heavy atom. The number of nitrogens with zero attached hydrogens (tertiary/aromatic N) is 5. The first-order chi connectivity index (χ1) is 8.08. The van der Waals surface area contributed by atoms with E-state index in [9.17, 15) is 4.21 Å². The molecule has 2 rings (SSSR count). The fraction of sp³-hybridized carbons (Fsp3) is 0.333. The van der Waals surface area contributed by atoms with Crippen molar-refractivity contribution in [3.63, 3.8) is 0 Å². The third-order valence-electron chi connectivity index (χ3n) is 2.23. The molecular formula is C9H11N5O2S. The van der Waals surface area contributed by atoms with Crippen molar-refractivity contribution >= 4 is 11.1 Å². The van der Waals surface area contributed by atoms with Gasteiger partial charge in [0.1, 0.15) is 17.3 Å². The summed E-state index contributed by atoms with van der Waals surface area (Å²) in [5.74, 6) is 0.907. The second-order valence-electron chi connectivity index (χ2n) is 3.51. The average molecular weight is 253 g/mol. The number of aryl methyl sites for hydroxylation is 1. The molecule has 0 amide bonds. The molecule has 1 unspecified atom stereocenters. The van der Waals surface area contributed by atoms with Gasteiger partial charge in [-0.15, -0.1) is 10.2 Å². The van der Waals surface area contributed by atoms with Crippen molar-refractivity contribution in [2.75, 3.05) is 0 Å². The Morgan fingerprint density at radius 1 is 1.35 bits per heavy atom. The molecular weight excluding hydrogens is 242 g/mol. The lowest BCUT2D eigenvalue weighted by molar-refractivity contribution is 0.560. The van der Waals surface area contributed by atoms with Crippen molar-refractivity contribution in [3.05, 3.63) is 23.9 Å². The average Bonchev–Trinajstić information content (AvgIpc) is 2.61. The summed E-state index contributed by atoms with van der Waals surface area (Å²) in [6.07, 6.45) is 3.23. The predicted molar refractivity (Wildman–Crippen MR) is 61.2 cm³/mol. The van der Waals surface area contributed by atoms with Crippen LogP contribution in [0.25, 0.3) is 11.5 Å². The second-order valence-corrected chi connectivity index (χ2v) is 4.44. The van der Waals surface area contributed by atoms with E-state index in [4.69, 9.17) is 4.55 Å². The van der Waals surface area contributed by atoms with Crippen molar-refractivity contribution in [3.8, 4) is 11.5 Å². The van der Waals surface area contributed by atoms with E-state index in [-0.39, 0.29) is 5.75 Å². The minimum Gasteiger partial charge on any atom is -0.312 e. The Bertz CT molecular complexity index is 551. The molecule has 1 atom stereocenters. The van der Waals surface area contributed by atoms with Crippen molar-refractivity contribution < 1.29 is 8.76 Å². The fourth-order valence-corrected chi connectivity index (χ4v) is 1.80. The normalized spacial score (nSPS) is 12.6. The molecule has 7 nitrogen and oxygen atoms in total. The second kappa shape index (κ2) is 4.68. The maximum atomic E-state index is 10.7. The highest BCUT2D eigenvalue weighted by molar-refractivity contribution is 7.78. The van der Waals surface area contributed by atoms with Gasteiger partial charge >= 0.3 is 0 Å². The van der Waals surface area contributed by atoms with Crippen LogP contribution >= 0.6 is 0 Å². The third-order valence-corrected chi connectivity index (χ3v) is 2.73. The first-order valence-corrected chi connectivity index (χ1v) is 6.10. The van der Waals surface area contributed by atoms with Gasteiger partial charge in [0.2, 0.25) is 0 Å². The van der Waals surface area contributed by atoms with Gasteiger partial charge in [-0.25, -0.2) is 9.19 Å². The first-order valence-electron chi connectivity index (χ1n) is 4.82. The standard InChI is InChI=1S/C9H11N5O2S/c1-6-3-11-7(4-10-6)9-13-12-8(14(9)2)5-17(15)16/h3-4H,5H2,1-2H3,(H,15,16). The molecule has 0 aromatic carbocycles. The minimum absolute atomic E-state index is 0.0528. The van der Waals surface area contributed by atoms with E-state index in [0.717, 1.165) is 5.69 Å². The van der Waals surface area contributed by atoms with Gasteiger partial charge in [0, 0.05) is 13.2 Å². The molecule has 0 radical (unpaired) electrons. The van der Waals surface area contributed by atoms with E-state index >= 15 is 0 Å². The quantitative estimate of drug-likeness (QED) is 0.791. The lowest BCUT2D eigenvalue weighted by Gasteiger charge is -2.01. The predicted octanol–water partition coefficient (Wildman–Crippen LogP) is 0.302. The summed E-state index contributed by atoms with van der Waals surface area (Å²) >= 11 is -1.93. The molecule has 0 saturated carbocycles. The molecule has 2 aromatic heterocycles. The number of hydrogen-bond donors (Lipinski definition) is 1. The molecule has 0 fully saturated rings. The van der Waals surface area contributed by atoms with Crippen molar-refractivity contribution in [2.45, 2.75) is 12.7 Å². The Labute approximate surface area is 100 Å². The zero-order chi connectivity index (χ0) is 12.4. The van der Waals surface area contributed by atoms with Crippen LogP contribution in [0.5, 0.6) is 0 Å². The molecule has 2 heterocycles. The maximum absolute atomic E-state index is 10.7. The Hall–Kier alpha value is -1.67. The van der Waals surface area contributed by atoms with Gasteiger partial charge in [-0.3, -0.25) is 4.98 Å². The topological polar surface area (TPSA) is 93.8 Å². The van der Waals surface area contributed by atoms with Crippen molar-refractivity contribution in [1.82, 2.24) is 24.7 Å². The fourth-order valence-electron chi connectivity index (χ4n) is 1.33. The monoisotopic (exact) mass is 253 g/mol. The Kier molecular flexibility index (Phi) is 3.25. The van der Waals surface area contributed by atoms with Gasteiger partial charge < -0.3 is 9.12 Å². The molecule has 0 aliphatic carbocycles. The van der Waals surface area contributed by atoms with Crippen LogP contribution in [0.4, 0.5) is 0 Å². The van der Waals surface area contributed by atoms with Crippen molar-refractivity contribution in [1.29, 1.82) is 0 Å². The molecule has 0 aliphatic heterocycles. The van der Waals surface area contributed by atoms with Crippen LogP contribution < -0.4 is 0 Å². The SMILES string of the molecule is Cc1cnc(-c2nnc(CS(=O)O)n2C)cn1. The van der Waals surface area contributed by atoms with Crippen LogP contribution in [0.15, 0.2) is 12.4 Å². The van der Waals surface area contributed by atoms with Crippen LogP contribution in [0.3, 0.4) is 0 Å². The lowest BCUT2D eigenvalue weighted by atomic mass is 10.4. The molecule has 0 spiro atoms. The molecule has 90 valence electrons. The summed E-state index contributed by atoms with van der Waals surface area (Å²) in [5.41, 5.74) is 1.40. The first kappa shape index (κ1) is 11.8. The zero-order valence-electron chi connectivity index (χ0n) is 9.36. The van der Waals surface area contributed by atoms with E-state index in [1.807, 2.05) is 6.92 Å². The molecule has 0 bridgehead atoms. The van der Waals surface area contributed by atoms with Crippen molar-refractivity contribution in [2.24, 2.45) is 7.05 Å². The molecule has 17 heavy (non-hydrogen) atoms. The van der Waals surface area contributed by atoms with Gasteiger partial charge in [0.25, 0.3) is 0 Å². The van der Waals surface area contributed by atoms with E-state index in [1.54, 1.807) is 24.0 Å². The van der Waals surface area contributed by atoms with Crippen LogP contribution in [-0.4, -0.2) is 33.5 Å². The Morgan fingerprint density at radius 2 is 2.12 bits per heavy atom. The van der Waals surface area contributed by atoms with E-state index in [2.05, 4.69) is 20.2 Å². The molecule has 1 N–H and O–H groups in total. The van der Waals surface area contributed by atoms with E-state index < -0.39 is 11.1 Å². The van der Waals surface area contributed by atoms with E-state index in [1.165, 1.54) is 0 Å². The van der Waals surface area contributed by atoms with Crippen LogP contribution in [0.2, 0.25) is 0 Å². The van der Waals surface area contributed by atoms with Gasteiger partial charge in [-0.05, 0) is 6.92 Å². The highest BCUT2D eigenvalue weighted by Gasteiger charge is 2.13.